The van der Waals surface area contributed by atoms with Crippen LogP contribution in [0.2, 0.25) is 0 Å². The van der Waals surface area contributed by atoms with Gasteiger partial charge in [0.05, 0.1) is 0 Å². The van der Waals surface area contributed by atoms with Crippen molar-refractivity contribution in [3.8, 4) is 0 Å². The molecule has 1 heterocycles. The maximum Gasteiger partial charge on any atom is 0.127 e. The molecule has 0 spiro atoms. The van der Waals surface area contributed by atoms with Crippen molar-refractivity contribution >= 4 is 0 Å². The summed E-state index contributed by atoms with van der Waals surface area (Å²) in [6.07, 6.45) is 0.293. The Morgan fingerprint density at radius 1 is 1.54 bits per heavy atom. The second kappa shape index (κ2) is 3.75. The van der Waals surface area contributed by atoms with Crippen molar-refractivity contribution in [3.63, 3.8) is 0 Å². The number of hydrogen-bond acceptors (Lipinski definition) is 4. The first-order valence-electron chi connectivity index (χ1n) is 4.27. The topological polar surface area (TPSA) is 47.9 Å². The first kappa shape index (κ1) is 10.7. The van der Waals surface area contributed by atoms with E-state index >= 15 is 0 Å². The van der Waals surface area contributed by atoms with Crippen LogP contribution in [0.3, 0.4) is 0 Å². The van der Waals surface area contributed by atoms with Gasteiger partial charge in [-0.05, 0) is 26.3 Å². The normalized spacial score (nSPS) is 29.2. The summed E-state index contributed by atoms with van der Waals surface area (Å²) in [6, 6.07) is 0. The molecular formula is C9H16O4. The predicted octanol–water partition coefficient (Wildman–Crippen LogP) is 1.92. The van der Waals surface area contributed by atoms with Gasteiger partial charge in [-0.1, -0.05) is 6.58 Å². The van der Waals surface area contributed by atoms with E-state index in [0.717, 1.165) is 5.57 Å². The zero-order valence-corrected chi connectivity index (χ0v) is 8.24. The van der Waals surface area contributed by atoms with Crippen molar-refractivity contribution < 1.29 is 19.9 Å². The Balaban J connectivity index is 2.54. The van der Waals surface area contributed by atoms with E-state index in [1.807, 2.05) is 6.92 Å². The van der Waals surface area contributed by atoms with Gasteiger partial charge in [-0.2, -0.15) is 0 Å². The Labute approximate surface area is 78.0 Å². The highest BCUT2D eigenvalue weighted by atomic mass is 17.2. The maximum atomic E-state index is 8.62. The Morgan fingerprint density at radius 2 is 2.15 bits per heavy atom. The molecule has 1 fully saturated rings. The monoisotopic (exact) mass is 188 g/mol. The summed E-state index contributed by atoms with van der Waals surface area (Å²) in [5.41, 5.74) is 0.167. The molecule has 0 amide bonds. The molecule has 0 aromatic rings. The van der Waals surface area contributed by atoms with Gasteiger partial charge in [-0.15, -0.1) is 0 Å². The molecule has 4 heteroatoms. The van der Waals surface area contributed by atoms with E-state index in [2.05, 4.69) is 11.5 Å². The van der Waals surface area contributed by atoms with Crippen LogP contribution < -0.4 is 0 Å². The summed E-state index contributed by atoms with van der Waals surface area (Å²) in [5.74, 6) is 0. The van der Waals surface area contributed by atoms with Crippen LogP contribution in [0.1, 0.15) is 27.2 Å². The molecule has 0 bridgehead atoms. The highest BCUT2D eigenvalue weighted by Gasteiger charge is 2.40. The molecule has 1 N–H and O–H groups in total. The molecule has 1 aliphatic heterocycles. The minimum absolute atomic E-state index is 0.0978. The van der Waals surface area contributed by atoms with Crippen LogP contribution in [0, 0.1) is 0 Å². The number of rotatable bonds is 3. The van der Waals surface area contributed by atoms with Crippen LogP contribution in [0.15, 0.2) is 12.2 Å². The van der Waals surface area contributed by atoms with Crippen molar-refractivity contribution in [2.45, 2.75) is 45.0 Å². The summed E-state index contributed by atoms with van der Waals surface area (Å²) in [5, 5.41) is 8.62. The third kappa shape index (κ3) is 2.28. The van der Waals surface area contributed by atoms with Crippen molar-refractivity contribution in [1.29, 1.82) is 0 Å². The highest BCUT2D eigenvalue weighted by Crippen LogP contribution is 2.30. The second-order valence-corrected chi connectivity index (χ2v) is 3.95. The quantitative estimate of drug-likeness (QED) is 0.417. The van der Waals surface area contributed by atoms with Gasteiger partial charge in [0.2, 0.25) is 0 Å². The standard InChI is InChI=1S/C9H16O4/c1-6(2)7-5-8(12-11-7)9(3,4)13-10/h7-8,10H,1,5H2,2-4H3/t7-,8+/m1/s1. The summed E-state index contributed by atoms with van der Waals surface area (Å²) in [6.45, 7) is 9.13. The molecule has 0 unspecified atom stereocenters. The van der Waals surface area contributed by atoms with Crippen molar-refractivity contribution in [1.82, 2.24) is 0 Å². The summed E-state index contributed by atoms with van der Waals surface area (Å²) >= 11 is 0. The molecule has 1 rings (SSSR count). The second-order valence-electron chi connectivity index (χ2n) is 3.95. The van der Waals surface area contributed by atoms with Crippen molar-refractivity contribution in [2.24, 2.45) is 0 Å². The smallest absolute Gasteiger partial charge is 0.127 e. The first-order valence-corrected chi connectivity index (χ1v) is 4.27. The van der Waals surface area contributed by atoms with Gasteiger partial charge >= 0.3 is 0 Å². The maximum absolute atomic E-state index is 8.62. The molecule has 0 saturated carbocycles. The summed E-state index contributed by atoms with van der Waals surface area (Å²) in [4.78, 5) is 14.4. The predicted molar refractivity (Wildman–Crippen MR) is 47.0 cm³/mol. The molecule has 76 valence electrons. The lowest BCUT2D eigenvalue weighted by atomic mass is 9.95. The summed E-state index contributed by atoms with van der Waals surface area (Å²) in [7, 11) is 0. The van der Waals surface area contributed by atoms with Gasteiger partial charge in [0, 0.05) is 6.42 Å². The molecule has 1 saturated heterocycles. The molecule has 4 nitrogen and oxygen atoms in total. The van der Waals surface area contributed by atoms with Crippen LogP contribution in [-0.2, 0) is 14.7 Å². The molecule has 2 atom stereocenters. The SMILES string of the molecule is C=C(C)[C@H]1C[C@@H](C(C)(C)OO)OO1. The van der Waals surface area contributed by atoms with Crippen LogP contribution >= 0.6 is 0 Å². The van der Waals surface area contributed by atoms with E-state index in [0.29, 0.717) is 6.42 Å². The van der Waals surface area contributed by atoms with Crippen molar-refractivity contribution in [3.05, 3.63) is 12.2 Å². The fraction of sp³-hybridized carbons (Fsp3) is 0.778. The van der Waals surface area contributed by atoms with E-state index in [1.165, 1.54) is 0 Å². The van der Waals surface area contributed by atoms with Gasteiger partial charge < -0.3 is 0 Å². The molecule has 13 heavy (non-hydrogen) atoms. The number of hydrogen-bond donors (Lipinski definition) is 1. The highest BCUT2D eigenvalue weighted by molar-refractivity contribution is 5.01. The zero-order chi connectivity index (χ0) is 10.1. The van der Waals surface area contributed by atoms with Gasteiger partial charge in [-0.25, -0.2) is 14.7 Å². The lowest BCUT2D eigenvalue weighted by Crippen LogP contribution is -2.38. The third-order valence-electron chi connectivity index (χ3n) is 2.28. The van der Waals surface area contributed by atoms with Gasteiger partial charge in [0.1, 0.15) is 17.8 Å². The minimum Gasteiger partial charge on any atom is -0.251 e. The van der Waals surface area contributed by atoms with Crippen LogP contribution in [0.5, 0.6) is 0 Å². The average Bonchev–Trinajstić information content (AvgIpc) is 2.52. The van der Waals surface area contributed by atoms with E-state index in [1.54, 1.807) is 13.8 Å². The van der Waals surface area contributed by atoms with Gasteiger partial charge in [0.15, 0.2) is 0 Å². The Kier molecular flexibility index (Phi) is 3.08. The van der Waals surface area contributed by atoms with Crippen LogP contribution in [0.25, 0.3) is 0 Å². The first-order chi connectivity index (χ1) is 5.97. The Bertz CT molecular complexity index is 200. The fourth-order valence-electron chi connectivity index (χ4n) is 1.15. The Morgan fingerprint density at radius 3 is 2.54 bits per heavy atom. The largest absolute Gasteiger partial charge is 0.251 e. The van der Waals surface area contributed by atoms with E-state index in [4.69, 9.17) is 15.0 Å². The fourth-order valence-corrected chi connectivity index (χ4v) is 1.15. The molecule has 0 aromatic carbocycles. The summed E-state index contributed by atoms with van der Waals surface area (Å²) < 4.78 is 0. The lowest BCUT2D eigenvalue weighted by Gasteiger charge is -2.24. The lowest BCUT2D eigenvalue weighted by molar-refractivity contribution is -0.375. The van der Waals surface area contributed by atoms with Gasteiger partial charge in [0.25, 0.3) is 0 Å². The van der Waals surface area contributed by atoms with E-state index in [9.17, 15) is 0 Å². The Hall–Kier alpha value is -0.420. The molecular weight excluding hydrogens is 172 g/mol. The molecule has 0 radical (unpaired) electrons. The van der Waals surface area contributed by atoms with E-state index in [-0.39, 0.29) is 12.2 Å². The molecule has 1 aliphatic rings. The molecule has 0 aliphatic carbocycles. The van der Waals surface area contributed by atoms with Crippen molar-refractivity contribution in [2.75, 3.05) is 0 Å². The zero-order valence-electron chi connectivity index (χ0n) is 8.24. The van der Waals surface area contributed by atoms with Gasteiger partial charge in [-0.3, -0.25) is 5.26 Å². The minimum atomic E-state index is -0.746. The third-order valence-corrected chi connectivity index (χ3v) is 2.28. The molecule has 0 aromatic heterocycles. The van der Waals surface area contributed by atoms with Crippen LogP contribution in [-0.4, -0.2) is 23.1 Å². The van der Waals surface area contributed by atoms with E-state index < -0.39 is 5.60 Å². The average molecular weight is 188 g/mol. The van der Waals surface area contributed by atoms with Crippen LogP contribution in [0.4, 0.5) is 0 Å².